The van der Waals surface area contributed by atoms with Gasteiger partial charge >= 0.3 is 5.97 Å². The van der Waals surface area contributed by atoms with Gasteiger partial charge in [0.15, 0.2) is 0 Å². The van der Waals surface area contributed by atoms with Crippen molar-refractivity contribution in [1.29, 1.82) is 0 Å². The summed E-state index contributed by atoms with van der Waals surface area (Å²) in [6.07, 6.45) is 0.298. The SMILES string of the molecule is COc1cccc(CCS(=O)(=O)NCC(=O)O)c1. The minimum absolute atomic E-state index is 0.159. The quantitative estimate of drug-likeness (QED) is 0.742. The molecule has 0 aromatic heterocycles. The third-order valence-electron chi connectivity index (χ3n) is 2.24. The molecule has 0 aliphatic carbocycles. The topological polar surface area (TPSA) is 92.7 Å². The van der Waals surface area contributed by atoms with Crippen molar-refractivity contribution in [1.82, 2.24) is 4.72 Å². The minimum atomic E-state index is -3.57. The summed E-state index contributed by atoms with van der Waals surface area (Å²) in [6.45, 7) is -0.597. The van der Waals surface area contributed by atoms with E-state index < -0.39 is 22.5 Å². The number of hydrogen-bond acceptors (Lipinski definition) is 4. The van der Waals surface area contributed by atoms with E-state index >= 15 is 0 Å². The maximum atomic E-state index is 11.5. The second-order valence-corrected chi connectivity index (χ2v) is 5.56. The van der Waals surface area contributed by atoms with Gasteiger partial charge in [-0.15, -0.1) is 0 Å². The van der Waals surface area contributed by atoms with Gasteiger partial charge < -0.3 is 9.84 Å². The number of benzene rings is 1. The van der Waals surface area contributed by atoms with Crippen LogP contribution in [0.25, 0.3) is 0 Å². The van der Waals surface area contributed by atoms with E-state index in [0.717, 1.165) is 5.56 Å². The van der Waals surface area contributed by atoms with E-state index in [9.17, 15) is 13.2 Å². The first-order valence-electron chi connectivity index (χ1n) is 5.25. The molecule has 2 N–H and O–H groups in total. The molecule has 0 radical (unpaired) electrons. The van der Waals surface area contributed by atoms with Gasteiger partial charge in [0.05, 0.1) is 12.9 Å². The Morgan fingerprint density at radius 1 is 1.44 bits per heavy atom. The predicted molar refractivity (Wildman–Crippen MR) is 66.1 cm³/mol. The van der Waals surface area contributed by atoms with Crippen molar-refractivity contribution in [3.05, 3.63) is 29.8 Å². The van der Waals surface area contributed by atoms with Gasteiger partial charge in [-0.2, -0.15) is 0 Å². The van der Waals surface area contributed by atoms with E-state index in [1.54, 1.807) is 24.3 Å². The summed E-state index contributed by atoms with van der Waals surface area (Å²) < 4.78 is 29.9. The summed E-state index contributed by atoms with van der Waals surface area (Å²) >= 11 is 0. The molecule has 1 aromatic rings. The summed E-state index contributed by atoms with van der Waals surface area (Å²) in [4.78, 5) is 10.3. The van der Waals surface area contributed by atoms with Gasteiger partial charge in [0.25, 0.3) is 0 Å². The molecule has 0 fully saturated rings. The molecule has 0 aliphatic rings. The molecule has 0 spiro atoms. The Hall–Kier alpha value is -1.60. The van der Waals surface area contributed by atoms with Crippen molar-refractivity contribution >= 4 is 16.0 Å². The lowest BCUT2D eigenvalue weighted by Gasteiger charge is -2.06. The van der Waals surface area contributed by atoms with Crippen molar-refractivity contribution in [2.75, 3.05) is 19.4 Å². The second kappa shape index (κ2) is 6.36. The summed E-state index contributed by atoms with van der Waals surface area (Å²) in [5.41, 5.74) is 0.815. The van der Waals surface area contributed by atoms with Gasteiger partial charge in [-0.3, -0.25) is 4.79 Å². The number of hydrogen-bond donors (Lipinski definition) is 2. The zero-order chi connectivity index (χ0) is 13.6. The molecule has 0 aliphatic heterocycles. The van der Waals surface area contributed by atoms with E-state index in [-0.39, 0.29) is 5.75 Å². The van der Waals surface area contributed by atoms with Gasteiger partial charge in [-0.25, -0.2) is 13.1 Å². The molecule has 0 amide bonds. The lowest BCUT2D eigenvalue weighted by atomic mass is 10.2. The molecule has 7 heteroatoms. The summed E-state index contributed by atoms with van der Waals surface area (Å²) in [6, 6.07) is 7.06. The molecule has 0 bridgehead atoms. The lowest BCUT2D eigenvalue weighted by Crippen LogP contribution is -2.31. The van der Waals surface area contributed by atoms with Crippen LogP contribution in [0, 0.1) is 0 Å². The summed E-state index contributed by atoms with van der Waals surface area (Å²) in [7, 11) is -2.03. The summed E-state index contributed by atoms with van der Waals surface area (Å²) in [5.74, 6) is -0.712. The number of carbonyl (C=O) groups is 1. The predicted octanol–water partition coefficient (Wildman–Crippen LogP) is 0.242. The number of aryl methyl sites for hydroxylation is 1. The molecule has 0 heterocycles. The van der Waals surface area contributed by atoms with E-state index in [0.29, 0.717) is 12.2 Å². The Labute approximate surface area is 106 Å². The number of nitrogens with one attached hydrogen (secondary N) is 1. The zero-order valence-corrected chi connectivity index (χ0v) is 10.7. The standard InChI is InChI=1S/C11H15NO5S/c1-17-10-4-2-3-9(7-10)5-6-18(15,16)12-8-11(13)14/h2-4,7,12H,5-6,8H2,1H3,(H,13,14). The van der Waals surface area contributed by atoms with Gasteiger partial charge in [0.2, 0.25) is 10.0 Å². The third-order valence-corrected chi connectivity index (χ3v) is 3.56. The fourth-order valence-electron chi connectivity index (χ4n) is 1.32. The van der Waals surface area contributed by atoms with Crippen LogP contribution in [0.5, 0.6) is 5.75 Å². The Kier molecular flexibility index (Phi) is 5.11. The van der Waals surface area contributed by atoms with Crippen molar-refractivity contribution in [2.45, 2.75) is 6.42 Å². The van der Waals surface area contributed by atoms with Crippen LogP contribution in [0.4, 0.5) is 0 Å². The molecule has 0 saturated heterocycles. The van der Waals surface area contributed by atoms with Crippen molar-refractivity contribution < 1.29 is 23.1 Å². The Morgan fingerprint density at radius 2 is 2.17 bits per heavy atom. The highest BCUT2D eigenvalue weighted by Crippen LogP contribution is 2.13. The summed E-state index contributed by atoms with van der Waals surface area (Å²) in [5, 5.41) is 8.39. The molecular formula is C11H15NO5S. The molecule has 1 rings (SSSR count). The maximum absolute atomic E-state index is 11.5. The number of methoxy groups -OCH3 is 1. The fourth-order valence-corrected chi connectivity index (χ4v) is 2.32. The molecule has 1 aromatic carbocycles. The van der Waals surface area contributed by atoms with Gasteiger partial charge in [0.1, 0.15) is 12.3 Å². The molecule has 0 unspecified atom stereocenters. The number of ether oxygens (including phenoxy) is 1. The van der Waals surface area contributed by atoms with Crippen LogP contribution in [0.2, 0.25) is 0 Å². The van der Waals surface area contributed by atoms with Gasteiger partial charge in [-0.05, 0) is 24.1 Å². The number of aliphatic carboxylic acids is 1. The van der Waals surface area contributed by atoms with Crippen LogP contribution in [0.1, 0.15) is 5.56 Å². The maximum Gasteiger partial charge on any atom is 0.318 e. The Balaban J connectivity index is 2.55. The molecule has 6 nitrogen and oxygen atoms in total. The van der Waals surface area contributed by atoms with Crippen molar-refractivity contribution in [3.8, 4) is 5.75 Å². The first kappa shape index (κ1) is 14.5. The average molecular weight is 273 g/mol. The van der Waals surface area contributed by atoms with Crippen LogP contribution in [-0.2, 0) is 21.2 Å². The molecule has 100 valence electrons. The largest absolute Gasteiger partial charge is 0.497 e. The van der Waals surface area contributed by atoms with E-state index in [1.165, 1.54) is 7.11 Å². The van der Waals surface area contributed by atoms with Crippen molar-refractivity contribution in [3.63, 3.8) is 0 Å². The number of sulfonamides is 1. The second-order valence-electron chi connectivity index (χ2n) is 3.64. The van der Waals surface area contributed by atoms with Crippen LogP contribution >= 0.6 is 0 Å². The van der Waals surface area contributed by atoms with Gasteiger partial charge in [-0.1, -0.05) is 12.1 Å². The van der Waals surface area contributed by atoms with Crippen LogP contribution in [0.3, 0.4) is 0 Å². The number of carboxylic acids is 1. The third kappa shape index (κ3) is 5.15. The highest BCUT2D eigenvalue weighted by molar-refractivity contribution is 7.89. The van der Waals surface area contributed by atoms with E-state index in [2.05, 4.69) is 0 Å². The molecule has 0 saturated carbocycles. The monoisotopic (exact) mass is 273 g/mol. The van der Waals surface area contributed by atoms with E-state index in [4.69, 9.17) is 9.84 Å². The smallest absolute Gasteiger partial charge is 0.318 e. The van der Waals surface area contributed by atoms with Crippen LogP contribution in [0.15, 0.2) is 24.3 Å². The lowest BCUT2D eigenvalue weighted by molar-refractivity contribution is -0.135. The molecule has 0 atom stereocenters. The van der Waals surface area contributed by atoms with E-state index in [1.807, 2.05) is 4.72 Å². The Bertz CT molecular complexity index is 512. The fraction of sp³-hybridized carbons (Fsp3) is 0.364. The zero-order valence-electron chi connectivity index (χ0n) is 9.92. The van der Waals surface area contributed by atoms with Crippen LogP contribution in [-0.4, -0.2) is 38.9 Å². The van der Waals surface area contributed by atoms with Crippen molar-refractivity contribution in [2.24, 2.45) is 0 Å². The molecular weight excluding hydrogens is 258 g/mol. The minimum Gasteiger partial charge on any atom is -0.497 e. The highest BCUT2D eigenvalue weighted by Gasteiger charge is 2.12. The number of carboxylic acid groups (broad SMARTS) is 1. The Morgan fingerprint density at radius 3 is 2.78 bits per heavy atom. The van der Waals surface area contributed by atoms with Gasteiger partial charge in [0, 0.05) is 0 Å². The first-order chi connectivity index (χ1) is 8.43. The normalized spacial score (nSPS) is 11.2. The highest BCUT2D eigenvalue weighted by atomic mass is 32.2. The number of rotatable bonds is 7. The molecule has 18 heavy (non-hydrogen) atoms. The first-order valence-corrected chi connectivity index (χ1v) is 6.90. The average Bonchev–Trinajstić information content (AvgIpc) is 2.35. The van der Waals surface area contributed by atoms with Crippen LogP contribution < -0.4 is 9.46 Å².